The molecule has 2 aliphatic heterocycles. The molecule has 0 aliphatic carbocycles. The normalized spacial score (nSPS) is 27.5. The molecule has 0 saturated carbocycles. The van der Waals surface area contributed by atoms with Crippen molar-refractivity contribution in [2.45, 2.75) is 0 Å². The molecule has 3 heterocycles. The third-order valence-electron chi connectivity index (χ3n) is 4.98. The van der Waals surface area contributed by atoms with Gasteiger partial charge in [-0.15, -0.1) is 0 Å². The van der Waals surface area contributed by atoms with Gasteiger partial charge in [0, 0.05) is 53.8 Å². The van der Waals surface area contributed by atoms with Crippen LogP contribution in [0.5, 0.6) is 0 Å². The van der Waals surface area contributed by atoms with E-state index in [2.05, 4.69) is 22.0 Å². The molecule has 116 valence electrons. The number of anilines is 1. The lowest BCUT2D eigenvalue weighted by Crippen LogP contribution is -2.35. The summed E-state index contributed by atoms with van der Waals surface area (Å²) in [4.78, 5) is 6.89. The van der Waals surface area contributed by atoms with Crippen molar-refractivity contribution in [3.05, 3.63) is 35.5 Å². The van der Waals surface area contributed by atoms with E-state index < -0.39 is 0 Å². The first-order chi connectivity index (χ1) is 10.7. The minimum absolute atomic E-state index is 0.122. The van der Waals surface area contributed by atoms with Gasteiger partial charge in [0.1, 0.15) is 0 Å². The summed E-state index contributed by atoms with van der Waals surface area (Å²) in [7, 11) is 1.77. The Bertz CT molecular complexity index is 708. The number of benzene rings is 1. The van der Waals surface area contributed by atoms with Gasteiger partial charge in [0.05, 0.1) is 25.3 Å². The molecule has 2 fully saturated rings. The molecule has 22 heavy (non-hydrogen) atoms. The highest BCUT2D eigenvalue weighted by molar-refractivity contribution is 6.31. The van der Waals surface area contributed by atoms with Crippen molar-refractivity contribution in [3.63, 3.8) is 0 Å². The quantitative estimate of drug-likeness (QED) is 0.871. The molecule has 2 atom stereocenters. The Balaban J connectivity index is 1.72. The zero-order valence-corrected chi connectivity index (χ0v) is 13.3. The highest BCUT2D eigenvalue weighted by Gasteiger charge is 2.50. The monoisotopic (exact) mass is 318 g/mol. The minimum Gasteiger partial charge on any atom is -0.384 e. The smallest absolute Gasteiger partial charge is 0.0737 e. The molecule has 0 amide bonds. The maximum absolute atomic E-state index is 6.09. The van der Waals surface area contributed by atoms with Crippen LogP contribution in [0.25, 0.3) is 10.9 Å². The van der Waals surface area contributed by atoms with Crippen molar-refractivity contribution < 1.29 is 9.47 Å². The van der Waals surface area contributed by atoms with Gasteiger partial charge < -0.3 is 14.4 Å². The average molecular weight is 319 g/mol. The van der Waals surface area contributed by atoms with Crippen molar-refractivity contribution in [1.29, 1.82) is 0 Å². The second-order valence-corrected chi connectivity index (χ2v) is 6.82. The predicted molar refractivity (Wildman–Crippen MR) is 87.6 cm³/mol. The lowest BCUT2D eigenvalue weighted by molar-refractivity contribution is 0.0660. The molecule has 4 nitrogen and oxygen atoms in total. The number of rotatable bonds is 3. The van der Waals surface area contributed by atoms with Crippen molar-refractivity contribution in [1.82, 2.24) is 4.98 Å². The summed E-state index contributed by atoms with van der Waals surface area (Å²) in [5.74, 6) is 0.531. The molecule has 2 aliphatic rings. The fourth-order valence-corrected chi connectivity index (χ4v) is 4.06. The molecule has 0 bridgehead atoms. The number of nitrogens with zero attached hydrogens (tertiary/aromatic N) is 2. The molecule has 1 aromatic heterocycles. The van der Waals surface area contributed by atoms with Crippen LogP contribution in [0.2, 0.25) is 5.02 Å². The van der Waals surface area contributed by atoms with Gasteiger partial charge in [0.15, 0.2) is 0 Å². The number of methoxy groups -OCH3 is 1. The van der Waals surface area contributed by atoms with Crippen LogP contribution in [0.3, 0.4) is 0 Å². The van der Waals surface area contributed by atoms with Crippen LogP contribution in [-0.2, 0) is 9.47 Å². The van der Waals surface area contributed by atoms with Crippen molar-refractivity contribution in [2.75, 3.05) is 44.9 Å². The molecule has 4 rings (SSSR count). The van der Waals surface area contributed by atoms with Gasteiger partial charge in [0.2, 0.25) is 0 Å². The first-order valence-electron chi connectivity index (χ1n) is 7.58. The van der Waals surface area contributed by atoms with Crippen molar-refractivity contribution in [2.24, 2.45) is 11.3 Å². The van der Waals surface area contributed by atoms with Gasteiger partial charge in [-0.25, -0.2) is 0 Å². The van der Waals surface area contributed by atoms with Crippen LogP contribution >= 0.6 is 11.6 Å². The van der Waals surface area contributed by atoms with Crippen LogP contribution in [0.1, 0.15) is 0 Å². The van der Waals surface area contributed by atoms with Gasteiger partial charge in [-0.05, 0) is 24.3 Å². The van der Waals surface area contributed by atoms with Crippen LogP contribution in [0.15, 0.2) is 30.5 Å². The van der Waals surface area contributed by atoms with Crippen molar-refractivity contribution in [3.8, 4) is 0 Å². The zero-order chi connectivity index (χ0) is 15.2. The second-order valence-electron chi connectivity index (χ2n) is 6.38. The number of halogens is 1. The van der Waals surface area contributed by atoms with E-state index in [1.165, 1.54) is 5.69 Å². The molecule has 5 heteroatoms. The van der Waals surface area contributed by atoms with Crippen molar-refractivity contribution >= 4 is 28.2 Å². The Morgan fingerprint density at radius 1 is 1.45 bits per heavy atom. The van der Waals surface area contributed by atoms with E-state index in [4.69, 9.17) is 21.1 Å². The average Bonchev–Trinajstić information content (AvgIpc) is 3.03. The maximum Gasteiger partial charge on any atom is 0.0737 e. The van der Waals surface area contributed by atoms with Gasteiger partial charge in [-0.1, -0.05) is 11.6 Å². The van der Waals surface area contributed by atoms with Crippen LogP contribution in [-0.4, -0.2) is 45.0 Å². The SMILES string of the molecule is COC[C@@]12COC[C@@H]1CN(c1ccnc3cc(Cl)ccc13)C2. The summed E-state index contributed by atoms with van der Waals surface area (Å²) in [6.07, 6.45) is 1.86. The first kappa shape index (κ1) is 14.2. The molecule has 0 unspecified atom stereocenters. The number of aromatic nitrogens is 1. The predicted octanol–water partition coefficient (Wildman–Crippen LogP) is 2.99. The molecule has 2 saturated heterocycles. The summed E-state index contributed by atoms with van der Waals surface area (Å²) < 4.78 is 11.2. The number of pyridine rings is 1. The van der Waals surface area contributed by atoms with E-state index in [1.54, 1.807) is 7.11 Å². The summed E-state index contributed by atoms with van der Waals surface area (Å²) in [6.45, 7) is 4.34. The van der Waals surface area contributed by atoms with Gasteiger partial charge in [-0.2, -0.15) is 0 Å². The van der Waals surface area contributed by atoms with Gasteiger partial charge in [0.25, 0.3) is 0 Å². The number of hydrogen-bond donors (Lipinski definition) is 0. The van der Waals surface area contributed by atoms with E-state index in [0.29, 0.717) is 5.92 Å². The largest absolute Gasteiger partial charge is 0.384 e. The summed E-state index contributed by atoms with van der Waals surface area (Å²) >= 11 is 6.09. The highest BCUT2D eigenvalue weighted by atomic mass is 35.5. The Morgan fingerprint density at radius 2 is 2.36 bits per heavy atom. The summed E-state index contributed by atoms with van der Waals surface area (Å²) in [6, 6.07) is 8.01. The second kappa shape index (κ2) is 5.37. The van der Waals surface area contributed by atoms with E-state index in [-0.39, 0.29) is 5.41 Å². The molecular weight excluding hydrogens is 300 g/mol. The molecular formula is C17H19ClN2O2. The topological polar surface area (TPSA) is 34.6 Å². The van der Waals surface area contributed by atoms with Gasteiger partial charge >= 0.3 is 0 Å². The number of fused-ring (bicyclic) bond motifs is 2. The number of hydrogen-bond acceptors (Lipinski definition) is 4. The molecule has 0 radical (unpaired) electrons. The summed E-state index contributed by atoms with van der Waals surface area (Å²) in [5, 5.41) is 1.88. The fourth-order valence-electron chi connectivity index (χ4n) is 3.89. The lowest BCUT2D eigenvalue weighted by Gasteiger charge is -2.27. The molecule has 1 aromatic carbocycles. The van der Waals surface area contributed by atoms with Crippen LogP contribution < -0.4 is 4.90 Å². The van der Waals surface area contributed by atoms with Crippen LogP contribution in [0.4, 0.5) is 5.69 Å². The first-order valence-corrected chi connectivity index (χ1v) is 7.95. The Kier molecular flexibility index (Phi) is 3.48. The third kappa shape index (κ3) is 2.18. The van der Waals surface area contributed by atoms with E-state index in [9.17, 15) is 0 Å². The third-order valence-corrected chi connectivity index (χ3v) is 5.21. The molecule has 2 aromatic rings. The minimum atomic E-state index is 0.122. The van der Waals surface area contributed by atoms with Gasteiger partial charge in [-0.3, -0.25) is 4.98 Å². The van der Waals surface area contributed by atoms with E-state index in [0.717, 1.165) is 48.8 Å². The number of ether oxygens (including phenoxy) is 2. The highest BCUT2D eigenvalue weighted by Crippen LogP contribution is 2.44. The van der Waals surface area contributed by atoms with E-state index in [1.807, 2.05) is 18.3 Å². The summed E-state index contributed by atoms with van der Waals surface area (Å²) in [5.41, 5.74) is 2.29. The molecule has 0 N–H and O–H groups in total. The zero-order valence-electron chi connectivity index (χ0n) is 12.6. The standard InChI is InChI=1S/C17H19ClN2O2/c1-21-10-17-9-20(7-12(17)8-22-11-17)16-4-5-19-15-6-13(18)2-3-14(15)16/h2-6,12H,7-11H2,1H3/t12-,17-/m0/s1. The Labute approximate surface area is 135 Å². The Morgan fingerprint density at radius 3 is 3.23 bits per heavy atom. The van der Waals surface area contributed by atoms with Crippen LogP contribution in [0, 0.1) is 11.3 Å². The maximum atomic E-state index is 6.09. The molecule has 0 spiro atoms. The Hall–Kier alpha value is -1.36. The lowest BCUT2D eigenvalue weighted by atomic mass is 9.82. The fraction of sp³-hybridized carbons (Fsp3) is 0.471. The van der Waals surface area contributed by atoms with E-state index >= 15 is 0 Å².